The lowest BCUT2D eigenvalue weighted by Crippen LogP contribution is -2.47. The van der Waals surface area contributed by atoms with Gasteiger partial charge in [-0.15, -0.1) is 0 Å². The fourth-order valence-electron chi connectivity index (χ4n) is 4.85. The van der Waals surface area contributed by atoms with Crippen LogP contribution in [0.4, 0.5) is 0 Å². The van der Waals surface area contributed by atoms with E-state index in [0.29, 0.717) is 18.1 Å². The zero-order valence-corrected chi connectivity index (χ0v) is 16.6. The molecule has 1 aromatic rings. The number of nitrogens with one attached hydrogen (secondary N) is 1. The smallest absolute Gasteiger partial charge is 0.0952 e. The zero-order chi connectivity index (χ0) is 17.9. The van der Waals surface area contributed by atoms with Crippen LogP contribution in [-0.4, -0.2) is 67.3 Å². The van der Waals surface area contributed by atoms with Crippen molar-refractivity contribution in [2.24, 2.45) is 0 Å². The summed E-state index contributed by atoms with van der Waals surface area (Å²) in [6, 6.07) is 10.0. The van der Waals surface area contributed by atoms with Gasteiger partial charge in [0, 0.05) is 36.2 Å². The third-order valence-electron chi connectivity index (χ3n) is 6.26. The van der Waals surface area contributed by atoms with Crippen LogP contribution in [0.15, 0.2) is 24.3 Å². The van der Waals surface area contributed by atoms with Gasteiger partial charge in [-0.3, -0.25) is 4.90 Å². The fourth-order valence-corrected chi connectivity index (χ4v) is 4.97. The average molecular weight is 378 g/mol. The standard InChI is InChI=1S/C21H32ClN3O/c1-2-9-24-10-7-18(8-11-24)23-19-12-20-15-26-21(14-25(20)13-19)16-3-5-17(22)6-4-16/h3-6,18-21,23H,2,7-15H2,1H3/t19-,20+,21-/m1/s1. The molecule has 3 fully saturated rings. The van der Waals surface area contributed by atoms with Gasteiger partial charge in [0.25, 0.3) is 0 Å². The van der Waals surface area contributed by atoms with Crippen LogP contribution in [0, 0.1) is 0 Å². The molecule has 0 spiro atoms. The Morgan fingerprint density at radius 3 is 2.62 bits per heavy atom. The van der Waals surface area contributed by atoms with Crippen molar-refractivity contribution in [3.05, 3.63) is 34.9 Å². The first-order valence-electron chi connectivity index (χ1n) is 10.3. The van der Waals surface area contributed by atoms with E-state index >= 15 is 0 Å². The van der Waals surface area contributed by atoms with Crippen LogP contribution in [0.3, 0.4) is 0 Å². The molecule has 0 aliphatic carbocycles. The van der Waals surface area contributed by atoms with Crippen molar-refractivity contribution in [3.63, 3.8) is 0 Å². The second-order valence-electron chi connectivity index (χ2n) is 8.20. The van der Waals surface area contributed by atoms with E-state index in [2.05, 4.69) is 34.2 Å². The van der Waals surface area contributed by atoms with Gasteiger partial charge in [-0.2, -0.15) is 0 Å². The Labute approximate surface area is 162 Å². The molecule has 144 valence electrons. The Hall–Kier alpha value is -0.650. The summed E-state index contributed by atoms with van der Waals surface area (Å²) in [5.74, 6) is 0. The molecule has 0 radical (unpaired) electrons. The first kappa shape index (κ1) is 18.7. The highest BCUT2D eigenvalue weighted by Gasteiger charge is 2.38. The van der Waals surface area contributed by atoms with Crippen molar-refractivity contribution in [1.82, 2.24) is 15.1 Å². The van der Waals surface area contributed by atoms with Gasteiger partial charge in [-0.05, 0) is 63.0 Å². The third-order valence-corrected chi connectivity index (χ3v) is 6.51. The Morgan fingerprint density at radius 2 is 1.88 bits per heavy atom. The lowest BCUT2D eigenvalue weighted by Gasteiger charge is -2.35. The van der Waals surface area contributed by atoms with Crippen molar-refractivity contribution in [2.45, 2.75) is 56.8 Å². The number of likely N-dealkylation sites (tertiary alicyclic amines) is 1. The van der Waals surface area contributed by atoms with Crippen molar-refractivity contribution in [2.75, 3.05) is 39.3 Å². The summed E-state index contributed by atoms with van der Waals surface area (Å²) in [6.07, 6.45) is 5.27. The molecule has 4 rings (SSSR count). The van der Waals surface area contributed by atoms with E-state index in [1.807, 2.05) is 12.1 Å². The Kier molecular flexibility index (Phi) is 6.17. The number of ether oxygens (including phenoxy) is 1. The van der Waals surface area contributed by atoms with E-state index in [9.17, 15) is 0 Å². The quantitative estimate of drug-likeness (QED) is 0.851. The number of piperidine rings is 1. The van der Waals surface area contributed by atoms with E-state index in [-0.39, 0.29) is 6.10 Å². The predicted molar refractivity (Wildman–Crippen MR) is 107 cm³/mol. The van der Waals surface area contributed by atoms with Gasteiger partial charge in [-0.25, -0.2) is 0 Å². The second-order valence-corrected chi connectivity index (χ2v) is 8.63. The van der Waals surface area contributed by atoms with E-state index in [4.69, 9.17) is 16.3 Å². The Bertz CT molecular complexity index is 573. The summed E-state index contributed by atoms with van der Waals surface area (Å²) < 4.78 is 6.18. The maximum atomic E-state index is 6.18. The molecule has 3 aliphatic rings. The molecule has 0 saturated carbocycles. The fraction of sp³-hybridized carbons (Fsp3) is 0.714. The number of rotatable bonds is 5. The first-order valence-corrected chi connectivity index (χ1v) is 10.7. The maximum Gasteiger partial charge on any atom is 0.0952 e. The van der Waals surface area contributed by atoms with E-state index in [1.165, 1.54) is 50.9 Å². The minimum Gasteiger partial charge on any atom is -0.371 e. The summed E-state index contributed by atoms with van der Waals surface area (Å²) in [5.41, 5.74) is 1.24. The van der Waals surface area contributed by atoms with Crippen LogP contribution >= 0.6 is 11.6 Å². The highest BCUT2D eigenvalue weighted by molar-refractivity contribution is 6.30. The van der Waals surface area contributed by atoms with Gasteiger partial charge in [0.2, 0.25) is 0 Å². The minimum absolute atomic E-state index is 0.180. The Morgan fingerprint density at radius 1 is 1.12 bits per heavy atom. The van der Waals surface area contributed by atoms with Crippen LogP contribution in [0.25, 0.3) is 0 Å². The molecule has 3 saturated heterocycles. The lowest BCUT2D eigenvalue weighted by atomic mass is 10.0. The molecular formula is C21H32ClN3O. The predicted octanol–water partition coefficient (Wildman–Crippen LogP) is 3.32. The highest BCUT2D eigenvalue weighted by atomic mass is 35.5. The second kappa shape index (κ2) is 8.57. The van der Waals surface area contributed by atoms with Crippen LogP contribution in [-0.2, 0) is 4.74 Å². The molecule has 5 heteroatoms. The number of morpholine rings is 1. The Balaban J connectivity index is 1.26. The van der Waals surface area contributed by atoms with E-state index in [0.717, 1.165) is 24.7 Å². The number of halogens is 1. The zero-order valence-electron chi connectivity index (χ0n) is 15.9. The molecular weight excluding hydrogens is 346 g/mol. The van der Waals surface area contributed by atoms with Crippen molar-refractivity contribution < 1.29 is 4.74 Å². The maximum absolute atomic E-state index is 6.18. The molecule has 0 amide bonds. The highest BCUT2D eigenvalue weighted by Crippen LogP contribution is 2.31. The number of nitrogens with zero attached hydrogens (tertiary/aromatic N) is 2. The van der Waals surface area contributed by atoms with Crippen LogP contribution < -0.4 is 5.32 Å². The average Bonchev–Trinajstić information content (AvgIpc) is 3.05. The normalized spacial score (nSPS) is 31.2. The molecule has 26 heavy (non-hydrogen) atoms. The van der Waals surface area contributed by atoms with Gasteiger partial charge in [0.1, 0.15) is 0 Å². The molecule has 1 aromatic carbocycles. The first-order chi connectivity index (χ1) is 12.7. The van der Waals surface area contributed by atoms with Gasteiger partial charge in [0.15, 0.2) is 0 Å². The number of hydrogen-bond acceptors (Lipinski definition) is 4. The van der Waals surface area contributed by atoms with Gasteiger partial charge in [-0.1, -0.05) is 30.7 Å². The molecule has 1 N–H and O–H groups in total. The van der Waals surface area contributed by atoms with Gasteiger partial charge < -0.3 is 15.0 Å². The molecule has 4 nitrogen and oxygen atoms in total. The van der Waals surface area contributed by atoms with E-state index in [1.54, 1.807) is 0 Å². The summed E-state index contributed by atoms with van der Waals surface area (Å²) in [4.78, 5) is 5.24. The van der Waals surface area contributed by atoms with Crippen molar-refractivity contribution >= 4 is 11.6 Å². The van der Waals surface area contributed by atoms with E-state index < -0.39 is 0 Å². The van der Waals surface area contributed by atoms with Crippen molar-refractivity contribution in [1.29, 1.82) is 0 Å². The van der Waals surface area contributed by atoms with Gasteiger partial charge in [0.05, 0.1) is 12.7 Å². The minimum atomic E-state index is 0.180. The summed E-state index contributed by atoms with van der Waals surface area (Å²) in [5, 5.41) is 4.75. The monoisotopic (exact) mass is 377 g/mol. The SMILES string of the molecule is CCCN1CCC(N[C@@H]2C[C@H]3CO[C@@H](c4ccc(Cl)cc4)CN3C2)CC1. The number of fused-ring (bicyclic) bond motifs is 1. The largest absolute Gasteiger partial charge is 0.371 e. The summed E-state index contributed by atoms with van der Waals surface area (Å²) >= 11 is 6.02. The number of hydrogen-bond donors (Lipinski definition) is 1. The van der Waals surface area contributed by atoms with Crippen LogP contribution in [0.2, 0.25) is 5.02 Å². The van der Waals surface area contributed by atoms with Crippen LogP contribution in [0.1, 0.15) is 44.3 Å². The molecule has 3 aliphatic heterocycles. The molecule has 0 bridgehead atoms. The van der Waals surface area contributed by atoms with Gasteiger partial charge >= 0.3 is 0 Å². The van der Waals surface area contributed by atoms with Crippen LogP contribution in [0.5, 0.6) is 0 Å². The topological polar surface area (TPSA) is 27.7 Å². The summed E-state index contributed by atoms with van der Waals surface area (Å²) in [7, 11) is 0. The summed E-state index contributed by atoms with van der Waals surface area (Å²) in [6.45, 7) is 9.06. The number of benzene rings is 1. The molecule has 3 atom stereocenters. The molecule has 3 heterocycles. The third kappa shape index (κ3) is 4.42. The lowest BCUT2D eigenvalue weighted by molar-refractivity contribution is -0.0502. The molecule has 0 unspecified atom stereocenters. The van der Waals surface area contributed by atoms with Crippen molar-refractivity contribution in [3.8, 4) is 0 Å². The molecule has 0 aromatic heterocycles.